The summed E-state index contributed by atoms with van der Waals surface area (Å²) in [5, 5.41) is 28.0. The van der Waals surface area contributed by atoms with Crippen LogP contribution in [0.1, 0.15) is 109 Å². The fourth-order valence-corrected chi connectivity index (χ4v) is 24.5. The van der Waals surface area contributed by atoms with Crippen LogP contribution >= 0.6 is 45.3 Å². The number of aryl methyl sites for hydroxylation is 4. The number of thiophene rings is 4. The van der Waals surface area contributed by atoms with Crippen LogP contribution in [-0.2, 0) is 35.2 Å². The van der Waals surface area contributed by atoms with E-state index < -0.39 is 23.6 Å². The van der Waals surface area contributed by atoms with E-state index in [1.807, 2.05) is 97.0 Å². The number of carbonyl (C=O) groups excluding carboxylic acids is 4. The van der Waals surface area contributed by atoms with Gasteiger partial charge in [0.25, 0.3) is 23.6 Å². The lowest BCUT2D eigenvalue weighted by Crippen LogP contribution is -2.58. The Labute approximate surface area is 788 Å². The van der Waals surface area contributed by atoms with E-state index in [1.54, 1.807) is 18.3 Å². The number of hydrogen-bond acceptors (Lipinski definition) is 31. The van der Waals surface area contributed by atoms with Crippen molar-refractivity contribution in [1.29, 1.82) is 0 Å². The summed E-state index contributed by atoms with van der Waals surface area (Å²) >= 11 is 5.00. The molecule has 12 aliphatic rings. The molecule has 0 radical (unpaired) electrons. The van der Waals surface area contributed by atoms with Gasteiger partial charge < -0.3 is 113 Å². The van der Waals surface area contributed by atoms with E-state index in [2.05, 4.69) is 72.4 Å². The number of hydrogen-bond donors (Lipinski definition) is 12. The van der Waals surface area contributed by atoms with Gasteiger partial charge >= 0.3 is 0 Å². The minimum atomic E-state index is -0.538. The normalized spacial score (nSPS) is 23.9. The lowest BCUT2D eigenvalue weighted by Gasteiger charge is -2.43. The van der Waals surface area contributed by atoms with Crippen LogP contribution in [0.3, 0.4) is 0 Å². The number of rotatable bonds is 12. The first-order valence-corrected chi connectivity index (χ1v) is 48.9. The molecule has 0 spiro atoms. The monoisotopic (exact) mass is 1920 g/mol. The Hall–Kier alpha value is -11.9. The van der Waals surface area contributed by atoms with Crippen molar-refractivity contribution in [3.8, 4) is 23.0 Å². The third-order valence-electron chi connectivity index (χ3n) is 26.9. The molecule has 8 saturated heterocycles. The largest absolute Gasteiger partial charge is 0.491 e. The number of nitrogens with two attached hydrogens (primary N) is 4. The molecule has 24 rings (SSSR count). The molecule has 40 heteroatoms. The summed E-state index contributed by atoms with van der Waals surface area (Å²) in [7, 11) is 0. The molecule has 8 aromatic heterocycles. The average Bonchev–Trinajstić information content (AvgIpc) is 0.926. The molecule has 8 fully saturated rings. The van der Waals surface area contributed by atoms with Gasteiger partial charge in [0.05, 0.1) is 99.8 Å². The molecule has 31 nitrogen and oxygen atoms in total. The Balaban J connectivity index is 0.000000108. The van der Waals surface area contributed by atoms with Crippen LogP contribution in [0.15, 0.2) is 85.1 Å². The number of ether oxygens (including phenoxy) is 6. The minimum absolute atomic E-state index is 0.0335. The maximum Gasteiger partial charge on any atom is 0.263 e. The maximum absolute atomic E-state index is 15.4. The smallest absolute Gasteiger partial charge is 0.263 e. The first-order chi connectivity index (χ1) is 65.2. The topological polar surface area (TPSA) is 401 Å². The van der Waals surface area contributed by atoms with E-state index in [0.29, 0.717) is 171 Å². The van der Waals surface area contributed by atoms with Crippen molar-refractivity contribution in [1.82, 2.24) is 67.5 Å². The highest BCUT2D eigenvalue weighted by atomic mass is 32.1. The number of morpholine rings is 4. The maximum atomic E-state index is 15.4. The Kier molecular flexibility index (Phi) is 24.6. The van der Waals surface area contributed by atoms with Gasteiger partial charge in [-0.25, -0.2) is 46.9 Å². The van der Waals surface area contributed by atoms with Gasteiger partial charge in [0.15, 0.2) is 23.1 Å². The second kappa shape index (κ2) is 37.0. The van der Waals surface area contributed by atoms with Gasteiger partial charge in [0.2, 0.25) is 0 Å². The zero-order chi connectivity index (χ0) is 93.0. The van der Waals surface area contributed by atoms with Gasteiger partial charge in [-0.3, -0.25) is 19.2 Å². The molecule has 12 atom stereocenters. The summed E-state index contributed by atoms with van der Waals surface area (Å²) in [6, 6.07) is 23.1. The number of anilines is 8. The molecule has 135 heavy (non-hydrogen) atoms. The van der Waals surface area contributed by atoms with Gasteiger partial charge in [-0.05, 0) is 144 Å². The molecule has 4 amide bonds. The molecule has 706 valence electrons. The van der Waals surface area contributed by atoms with Crippen LogP contribution in [0.5, 0.6) is 23.0 Å². The van der Waals surface area contributed by atoms with Crippen LogP contribution in [0, 0.1) is 56.8 Å². The number of nitrogen functional groups attached to an aromatic ring is 4. The van der Waals surface area contributed by atoms with Crippen molar-refractivity contribution in [2.24, 2.45) is 0 Å². The summed E-state index contributed by atoms with van der Waals surface area (Å²) in [6.45, 7) is 17.0. The Morgan fingerprint density at radius 3 is 1.21 bits per heavy atom. The highest BCUT2D eigenvalue weighted by Gasteiger charge is 2.42. The van der Waals surface area contributed by atoms with Crippen molar-refractivity contribution in [2.45, 2.75) is 152 Å². The van der Waals surface area contributed by atoms with E-state index in [0.717, 1.165) is 146 Å². The summed E-state index contributed by atoms with van der Waals surface area (Å²) < 4.78 is 111. The SMILES string of the molecule is Cc1ccc2c(N)c(C(=O)N[C@H]3COc4c(ccc(N5CC6CNCC(C5)O6)c4F)C3)sc2n1.Cc1ccc2c(N)c(C(=O)N[C@H]3COc4cc(N5CC6CCC(C5)N6)c(F)cc4C3)sc2n1.Cc1ccc2c(N)c(C(=O)N[C@H]3COc4cc(N5CC6CNCC(C5)O6)c(F)cc4C3)sc2n1.Cc1cnc2c(N)c(C(=O)N[C@H]3COc4c(F)c(N5CC6CCC(C5)N6)cc(F)c4C3)sc2n1. The number of nitrogens with one attached hydrogen (secondary N) is 8. The molecule has 8 unspecified atom stereocenters. The first-order valence-electron chi connectivity index (χ1n) is 45.7. The summed E-state index contributed by atoms with van der Waals surface area (Å²) in [5.41, 5.74) is 34.5. The molecule has 12 aliphatic heterocycles. The van der Waals surface area contributed by atoms with Crippen LogP contribution in [0.4, 0.5) is 67.5 Å². The van der Waals surface area contributed by atoms with E-state index in [9.17, 15) is 19.2 Å². The molecule has 0 aliphatic carbocycles. The van der Waals surface area contributed by atoms with Crippen LogP contribution < -0.4 is 104 Å². The summed E-state index contributed by atoms with van der Waals surface area (Å²) in [4.78, 5) is 86.4. The number of carbonyl (C=O) groups is 4. The first kappa shape index (κ1) is 89.7. The fourth-order valence-electron chi connectivity index (χ4n) is 20.4. The highest BCUT2D eigenvalue weighted by molar-refractivity contribution is 7.22. The quantitative estimate of drug-likeness (QED) is 0.0506. The zero-order valence-electron chi connectivity index (χ0n) is 74.4. The number of halogens is 5. The standard InChI is InChI=1S/2C24H26FN5O3S.C24H26FN5O2S.C23H24F2N6O2S/c1-12-2-4-17-20(26)22(34-24(17)28-12)23(31)29-14-6-13-3-5-18(19(25)21(13)32-11-14)30-9-15-7-27-8-16(10-30)33-15;1-12-2-3-17-21(26)22(34-24(17)28-12)23(31)29-14-4-13-5-18(25)19(6-20(13)32-11-14)30-9-15-7-27-8-16(10-30)33-15;1-12-2-5-17-21(26)22(33-24(17)27-12)23(31)29-16-6-13-7-18(25)19(8-20(13)32-11-16)30-9-14-3-4-15(10-30)28-14;1-10-6-27-19-18(26)21(34-23(19)28-10)22(32)30-13-4-14-15(24)5-16(17(25)20(14)33-9-13)31-7-11-2-3-12(8-31)29-11/h2-5,14-16,27H,6-11,26H2,1H3,(H,29,31);2-3,5-6,14-16,27H,4,7-11,26H2,1H3,(H,29,31);2,5,7-8,14-16,28H,3-4,6,9-11,26H2,1H3,(H,29,31);5-6,11-13,29H,2-4,7-9,26H2,1H3,(H,30,32)/t2*14-,15?,16?;14?,15?,16-;11?,12?,13-/m1111/s1. The minimum Gasteiger partial charge on any atom is -0.491 e. The molecule has 12 aromatic rings. The molecule has 20 heterocycles. The van der Waals surface area contributed by atoms with Crippen molar-refractivity contribution in [3.05, 3.63) is 179 Å². The van der Waals surface area contributed by atoms with Gasteiger partial charge in [0.1, 0.15) is 99.7 Å². The molecule has 16 N–H and O–H groups in total. The predicted octanol–water partition coefficient (Wildman–Crippen LogP) is 10.0. The van der Waals surface area contributed by atoms with Crippen LogP contribution in [-0.4, -0.2) is 226 Å². The number of pyridine rings is 3. The Bertz CT molecular complexity index is 6530. The molecule has 4 aromatic carbocycles. The zero-order valence-corrected chi connectivity index (χ0v) is 77.7. The van der Waals surface area contributed by atoms with Crippen molar-refractivity contribution in [3.63, 3.8) is 0 Å². The molecule has 0 saturated carbocycles. The van der Waals surface area contributed by atoms with Crippen molar-refractivity contribution in [2.75, 3.05) is 147 Å². The van der Waals surface area contributed by atoms with Crippen molar-refractivity contribution < 1.29 is 69.6 Å². The van der Waals surface area contributed by atoms with E-state index in [4.69, 9.17) is 51.4 Å². The summed E-state index contributed by atoms with van der Waals surface area (Å²) in [5.74, 6) is -1.53. The second-order valence-corrected chi connectivity index (χ2v) is 40.9. The van der Waals surface area contributed by atoms with E-state index >= 15 is 22.0 Å². The number of benzene rings is 4. The van der Waals surface area contributed by atoms with Gasteiger partial charge in [-0.2, -0.15) is 0 Å². The van der Waals surface area contributed by atoms with Gasteiger partial charge in [-0.1, -0.05) is 6.07 Å². The predicted molar refractivity (Wildman–Crippen MR) is 512 cm³/mol. The lowest BCUT2D eigenvalue weighted by molar-refractivity contribution is -0.0487. The van der Waals surface area contributed by atoms with Crippen LogP contribution in [0.2, 0.25) is 0 Å². The van der Waals surface area contributed by atoms with E-state index in [1.165, 1.54) is 46.1 Å². The second-order valence-electron chi connectivity index (χ2n) is 36.9. The fraction of sp³-hybridized carbons (Fsp3) is 0.421. The number of aromatic nitrogens is 5. The lowest BCUT2D eigenvalue weighted by atomic mass is 10.00. The summed E-state index contributed by atoms with van der Waals surface area (Å²) in [6.07, 6.45) is 7.81. The number of amides is 4. The Morgan fingerprint density at radius 1 is 0.393 bits per heavy atom. The molecular weight excluding hydrogens is 1820 g/mol. The van der Waals surface area contributed by atoms with Gasteiger partial charge in [-0.15, -0.1) is 45.3 Å². The third-order valence-corrected chi connectivity index (χ3v) is 31.4. The number of fused-ring (bicyclic) bond motifs is 16. The Morgan fingerprint density at radius 2 is 0.763 bits per heavy atom. The van der Waals surface area contributed by atoms with Gasteiger partial charge in [0, 0.05) is 172 Å². The van der Waals surface area contributed by atoms with Crippen molar-refractivity contribution >= 4 is 155 Å². The average molecular weight is 1920 g/mol. The number of piperazine rings is 2. The van der Waals surface area contributed by atoms with E-state index in [-0.39, 0.29) is 126 Å². The third kappa shape index (κ3) is 18.2. The number of nitrogens with zero attached hydrogens (tertiary/aromatic N) is 9. The molecular formula is C95H102F5N21O10S4. The molecule has 8 bridgehead atoms. The van der Waals surface area contributed by atoms with Crippen LogP contribution in [0.25, 0.3) is 41.0 Å². The highest BCUT2D eigenvalue weighted by Crippen LogP contribution is 2.45.